The van der Waals surface area contributed by atoms with Gasteiger partial charge in [-0.25, -0.2) is 9.37 Å². The number of rotatable bonds is 6. The third-order valence-electron chi connectivity index (χ3n) is 4.06. The van der Waals surface area contributed by atoms with E-state index in [-0.39, 0.29) is 11.3 Å². The zero-order chi connectivity index (χ0) is 20.3. The summed E-state index contributed by atoms with van der Waals surface area (Å²) in [7, 11) is 4.51. The number of amides is 1. The standard InChI is InChI=1S/C20H19FN2O4S/c1-11-18(19(24)22-12-8-9-14(25-2)16(10-12)27-4)23-20(28-11)17-13(21)6-5-7-15(17)26-3/h5-10H,1-4H3,(H,22,24). The molecule has 0 radical (unpaired) electrons. The molecule has 0 bridgehead atoms. The molecule has 0 spiro atoms. The van der Waals surface area contributed by atoms with Gasteiger partial charge >= 0.3 is 0 Å². The van der Waals surface area contributed by atoms with Crippen molar-refractivity contribution in [2.45, 2.75) is 6.92 Å². The van der Waals surface area contributed by atoms with Crippen molar-refractivity contribution in [1.82, 2.24) is 4.98 Å². The maximum absolute atomic E-state index is 14.3. The zero-order valence-corrected chi connectivity index (χ0v) is 16.6. The Morgan fingerprint density at radius 3 is 2.43 bits per heavy atom. The summed E-state index contributed by atoms with van der Waals surface area (Å²) in [5, 5.41) is 3.16. The maximum atomic E-state index is 14.3. The van der Waals surface area contributed by atoms with Crippen molar-refractivity contribution in [3.05, 3.63) is 52.8 Å². The number of carbonyl (C=O) groups excluding carboxylic acids is 1. The van der Waals surface area contributed by atoms with Crippen LogP contribution in [-0.2, 0) is 0 Å². The summed E-state index contributed by atoms with van der Waals surface area (Å²) in [6.07, 6.45) is 0. The van der Waals surface area contributed by atoms with Gasteiger partial charge in [0.1, 0.15) is 22.3 Å². The van der Waals surface area contributed by atoms with Crippen molar-refractivity contribution in [3.8, 4) is 27.8 Å². The van der Waals surface area contributed by atoms with E-state index in [1.807, 2.05) is 0 Å². The number of anilines is 1. The number of halogens is 1. The van der Waals surface area contributed by atoms with Crippen LogP contribution < -0.4 is 19.5 Å². The van der Waals surface area contributed by atoms with Crippen LogP contribution in [0.1, 0.15) is 15.4 Å². The van der Waals surface area contributed by atoms with Gasteiger partial charge < -0.3 is 19.5 Å². The van der Waals surface area contributed by atoms with Crippen molar-refractivity contribution in [3.63, 3.8) is 0 Å². The van der Waals surface area contributed by atoms with E-state index in [2.05, 4.69) is 10.3 Å². The summed E-state index contributed by atoms with van der Waals surface area (Å²) in [6.45, 7) is 1.76. The van der Waals surface area contributed by atoms with Crippen LogP contribution >= 0.6 is 11.3 Å². The monoisotopic (exact) mass is 402 g/mol. The third-order valence-corrected chi connectivity index (χ3v) is 5.05. The van der Waals surface area contributed by atoms with E-state index < -0.39 is 11.7 Å². The highest BCUT2D eigenvalue weighted by Crippen LogP contribution is 2.36. The lowest BCUT2D eigenvalue weighted by Crippen LogP contribution is -2.13. The van der Waals surface area contributed by atoms with Gasteiger partial charge in [-0.3, -0.25) is 4.79 Å². The summed E-state index contributed by atoms with van der Waals surface area (Å²) in [5.41, 5.74) is 0.989. The highest BCUT2D eigenvalue weighted by molar-refractivity contribution is 7.15. The summed E-state index contributed by atoms with van der Waals surface area (Å²) in [5.74, 6) is 0.550. The van der Waals surface area contributed by atoms with E-state index in [1.54, 1.807) is 37.3 Å². The summed E-state index contributed by atoms with van der Waals surface area (Å²) < 4.78 is 30.0. The lowest BCUT2D eigenvalue weighted by molar-refractivity contribution is 0.102. The molecule has 0 aliphatic rings. The van der Waals surface area contributed by atoms with Gasteiger partial charge in [-0.1, -0.05) is 6.07 Å². The van der Waals surface area contributed by atoms with E-state index in [0.29, 0.717) is 32.8 Å². The second-order valence-corrected chi connectivity index (χ2v) is 6.97. The number of benzene rings is 2. The second-order valence-electron chi connectivity index (χ2n) is 5.76. The number of thiazole rings is 1. The summed E-state index contributed by atoms with van der Waals surface area (Å²) >= 11 is 1.23. The van der Waals surface area contributed by atoms with Crippen LogP contribution in [0.25, 0.3) is 10.6 Å². The van der Waals surface area contributed by atoms with Crippen molar-refractivity contribution in [2.75, 3.05) is 26.6 Å². The molecule has 0 fully saturated rings. The Morgan fingerprint density at radius 1 is 1.04 bits per heavy atom. The highest BCUT2D eigenvalue weighted by atomic mass is 32.1. The first-order valence-corrected chi connectivity index (χ1v) is 9.13. The van der Waals surface area contributed by atoms with Crippen LogP contribution in [0.3, 0.4) is 0 Å². The minimum absolute atomic E-state index is 0.222. The summed E-state index contributed by atoms with van der Waals surface area (Å²) in [4.78, 5) is 17.7. The topological polar surface area (TPSA) is 69.7 Å². The lowest BCUT2D eigenvalue weighted by atomic mass is 10.2. The molecule has 0 saturated carbocycles. The average molecular weight is 402 g/mol. The fraction of sp³-hybridized carbons (Fsp3) is 0.200. The average Bonchev–Trinajstić information content (AvgIpc) is 3.08. The number of ether oxygens (including phenoxy) is 3. The molecule has 28 heavy (non-hydrogen) atoms. The van der Waals surface area contributed by atoms with Gasteiger partial charge in [-0.05, 0) is 31.2 Å². The smallest absolute Gasteiger partial charge is 0.275 e. The highest BCUT2D eigenvalue weighted by Gasteiger charge is 2.21. The van der Waals surface area contributed by atoms with Crippen LogP contribution in [-0.4, -0.2) is 32.2 Å². The van der Waals surface area contributed by atoms with Crippen molar-refractivity contribution in [1.29, 1.82) is 0 Å². The Kier molecular flexibility index (Phi) is 5.79. The van der Waals surface area contributed by atoms with E-state index in [1.165, 1.54) is 38.7 Å². The number of aryl methyl sites for hydroxylation is 1. The second kappa shape index (κ2) is 8.26. The third kappa shape index (κ3) is 3.77. The predicted octanol–water partition coefficient (Wildman–Crippen LogP) is 4.54. The van der Waals surface area contributed by atoms with Gasteiger partial charge in [0.05, 0.1) is 26.9 Å². The van der Waals surface area contributed by atoms with Gasteiger partial charge in [0.25, 0.3) is 5.91 Å². The lowest BCUT2D eigenvalue weighted by Gasteiger charge is -2.10. The van der Waals surface area contributed by atoms with Crippen LogP contribution in [0.4, 0.5) is 10.1 Å². The van der Waals surface area contributed by atoms with E-state index in [4.69, 9.17) is 14.2 Å². The molecule has 0 saturated heterocycles. The van der Waals surface area contributed by atoms with E-state index >= 15 is 0 Å². The Bertz CT molecular complexity index is 1020. The van der Waals surface area contributed by atoms with Crippen LogP contribution in [0.15, 0.2) is 36.4 Å². The van der Waals surface area contributed by atoms with E-state index in [0.717, 1.165) is 0 Å². The molecule has 146 valence electrons. The molecule has 0 atom stereocenters. The van der Waals surface area contributed by atoms with Gasteiger partial charge in [0, 0.05) is 16.6 Å². The van der Waals surface area contributed by atoms with Gasteiger partial charge in [-0.2, -0.15) is 0 Å². The minimum atomic E-state index is -0.458. The Labute approximate surface area is 165 Å². The minimum Gasteiger partial charge on any atom is -0.496 e. The first-order chi connectivity index (χ1) is 13.5. The summed E-state index contributed by atoms with van der Waals surface area (Å²) in [6, 6.07) is 9.58. The number of aromatic nitrogens is 1. The number of hydrogen-bond acceptors (Lipinski definition) is 6. The van der Waals surface area contributed by atoms with Crippen molar-refractivity contribution in [2.24, 2.45) is 0 Å². The Balaban J connectivity index is 1.91. The molecule has 1 aromatic heterocycles. The van der Waals surface area contributed by atoms with Crippen LogP contribution in [0.5, 0.6) is 17.2 Å². The molecule has 0 aliphatic heterocycles. The molecule has 6 nitrogen and oxygen atoms in total. The molecule has 0 unspecified atom stereocenters. The molecule has 2 aromatic carbocycles. The van der Waals surface area contributed by atoms with Crippen molar-refractivity contribution < 1.29 is 23.4 Å². The Hall–Kier alpha value is -3.13. The first kappa shape index (κ1) is 19.6. The zero-order valence-electron chi connectivity index (χ0n) is 15.8. The molecular weight excluding hydrogens is 383 g/mol. The van der Waals surface area contributed by atoms with Gasteiger partial charge in [0.15, 0.2) is 11.5 Å². The molecule has 1 heterocycles. The molecule has 1 amide bonds. The molecule has 3 aromatic rings. The fourth-order valence-corrected chi connectivity index (χ4v) is 3.66. The first-order valence-electron chi connectivity index (χ1n) is 8.32. The molecule has 3 rings (SSSR count). The van der Waals surface area contributed by atoms with Gasteiger partial charge in [0.2, 0.25) is 0 Å². The molecular formula is C20H19FN2O4S. The SMILES string of the molecule is COc1ccc(NC(=O)c2nc(-c3c(F)cccc3OC)sc2C)cc1OC. The number of methoxy groups -OCH3 is 3. The number of carbonyl (C=O) groups is 1. The van der Waals surface area contributed by atoms with Crippen molar-refractivity contribution >= 4 is 22.9 Å². The molecule has 8 heteroatoms. The largest absolute Gasteiger partial charge is 0.496 e. The predicted molar refractivity (Wildman–Crippen MR) is 106 cm³/mol. The van der Waals surface area contributed by atoms with Crippen LogP contribution in [0, 0.1) is 12.7 Å². The molecule has 1 N–H and O–H groups in total. The quantitative estimate of drug-likeness (QED) is 0.656. The number of hydrogen-bond donors (Lipinski definition) is 1. The fourth-order valence-electron chi connectivity index (χ4n) is 2.70. The van der Waals surface area contributed by atoms with Crippen LogP contribution in [0.2, 0.25) is 0 Å². The number of nitrogens with one attached hydrogen (secondary N) is 1. The molecule has 0 aliphatic carbocycles. The van der Waals surface area contributed by atoms with Gasteiger partial charge in [-0.15, -0.1) is 11.3 Å². The normalized spacial score (nSPS) is 10.5. The number of nitrogens with zero attached hydrogens (tertiary/aromatic N) is 1. The Morgan fingerprint density at radius 2 is 1.75 bits per heavy atom. The maximum Gasteiger partial charge on any atom is 0.275 e. The van der Waals surface area contributed by atoms with E-state index in [9.17, 15) is 9.18 Å².